The molecule has 7 nitrogen and oxygen atoms in total. The smallest absolute Gasteiger partial charge is 0.284 e. The van der Waals surface area contributed by atoms with Crippen LogP contribution in [0.1, 0.15) is 17.3 Å². The fourth-order valence-electron chi connectivity index (χ4n) is 2.48. The van der Waals surface area contributed by atoms with Crippen molar-refractivity contribution in [2.45, 2.75) is 6.92 Å². The molecule has 0 radical (unpaired) electrons. The van der Waals surface area contributed by atoms with E-state index in [0.717, 1.165) is 0 Å². The van der Waals surface area contributed by atoms with E-state index >= 15 is 0 Å². The molecular weight excluding hydrogens is 302 g/mol. The summed E-state index contributed by atoms with van der Waals surface area (Å²) in [6, 6.07) is 8.12. The van der Waals surface area contributed by atoms with Crippen molar-refractivity contribution in [2.24, 2.45) is 0 Å². The lowest BCUT2D eigenvalue weighted by Crippen LogP contribution is -1.99. The maximum absolute atomic E-state index is 11.5. The monoisotopic (exact) mass is 315 g/mol. The second-order valence-corrected chi connectivity index (χ2v) is 4.75. The second kappa shape index (κ2) is 5.96. The Morgan fingerprint density at radius 3 is 2.65 bits per heavy atom. The summed E-state index contributed by atoms with van der Waals surface area (Å²) in [5.74, 6) is 1.26. The predicted octanol–water partition coefficient (Wildman–Crippen LogP) is 3.20. The van der Waals surface area contributed by atoms with Gasteiger partial charge in [-0.2, -0.15) is 0 Å². The van der Waals surface area contributed by atoms with Crippen LogP contribution in [0.3, 0.4) is 0 Å². The highest BCUT2D eigenvalue weighted by Gasteiger charge is 2.30. The van der Waals surface area contributed by atoms with Gasteiger partial charge in [-0.3, -0.25) is 14.9 Å². The van der Waals surface area contributed by atoms with Crippen LogP contribution in [0.25, 0.3) is 11.1 Å². The van der Waals surface area contributed by atoms with Crippen LogP contribution in [0.2, 0.25) is 0 Å². The molecule has 1 aliphatic rings. The van der Waals surface area contributed by atoms with Gasteiger partial charge < -0.3 is 14.2 Å². The van der Waals surface area contributed by atoms with Gasteiger partial charge in [0.25, 0.3) is 5.69 Å². The molecule has 1 heterocycles. The third-order valence-electron chi connectivity index (χ3n) is 3.45. The zero-order valence-electron chi connectivity index (χ0n) is 12.3. The van der Waals surface area contributed by atoms with E-state index in [1.807, 2.05) is 6.92 Å². The van der Waals surface area contributed by atoms with Crippen LogP contribution >= 0.6 is 0 Å². The molecule has 1 aliphatic heterocycles. The molecule has 0 unspecified atom stereocenters. The summed E-state index contributed by atoms with van der Waals surface area (Å²) < 4.78 is 16.0. The molecule has 0 amide bonds. The highest BCUT2D eigenvalue weighted by Crippen LogP contribution is 2.47. The summed E-state index contributed by atoms with van der Waals surface area (Å²) in [6.07, 6.45) is 0.464. The number of aldehydes is 1. The van der Waals surface area contributed by atoms with Gasteiger partial charge in [0, 0.05) is 5.56 Å². The lowest BCUT2D eigenvalue weighted by atomic mass is 9.97. The first-order valence-electron chi connectivity index (χ1n) is 6.95. The standard InChI is InChI=1S/C16H13NO6/c1-2-21-11-5-3-10(4-6-11)15-12(8-18)13(17(19)20)7-14-16(15)23-9-22-14/h3-8H,2,9H2,1H3. The minimum atomic E-state index is -0.607. The van der Waals surface area contributed by atoms with Crippen LogP contribution in [0.15, 0.2) is 30.3 Å². The van der Waals surface area contributed by atoms with Gasteiger partial charge in [-0.05, 0) is 24.6 Å². The summed E-state index contributed by atoms with van der Waals surface area (Å²) in [5.41, 5.74) is 0.613. The first-order valence-corrected chi connectivity index (χ1v) is 6.95. The molecule has 0 spiro atoms. The van der Waals surface area contributed by atoms with Gasteiger partial charge in [0.2, 0.25) is 6.79 Å². The Kier molecular flexibility index (Phi) is 3.84. The molecule has 0 aromatic heterocycles. The largest absolute Gasteiger partial charge is 0.494 e. The Morgan fingerprint density at radius 1 is 1.30 bits per heavy atom. The Bertz CT molecular complexity index is 769. The molecule has 3 rings (SSSR count). The zero-order valence-corrected chi connectivity index (χ0v) is 12.3. The van der Waals surface area contributed by atoms with Gasteiger partial charge in [0.05, 0.1) is 17.6 Å². The number of nitro benzene ring substituents is 1. The van der Waals surface area contributed by atoms with Gasteiger partial charge in [-0.1, -0.05) is 12.1 Å². The Balaban J connectivity index is 2.20. The minimum Gasteiger partial charge on any atom is -0.494 e. The van der Waals surface area contributed by atoms with Gasteiger partial charge >= 0.3 is 0 Å². The number of carbonyl (C=O) groups excluding carboxylic acids is 1. The number of hydrogen-bond donors (Lipinski definition) is 0. The molecule has 2 aromatic rings. The fourth-order valence-corrected chi connectivity index (χ4v) is 2.48. The number of ether oxygens (including phenoxy) is 3. The van der Waals surface area contributed by atoms with Gasteiger partial charge in [-0.15, -0.1) is 0 Å². The molecule has 2 aromatic carbocycles. The molecule has 23 heavy (non-hydrogen) atoms. The average molecular weight is 315 g/mol. The quantitative estimate of drug-likeness (QED) is 0.478. The molecular formula is C16H13NO6. The van der Waals surface area contributed by atoms with E-state index in [1.54, 1.807) is 24.3 Å². The lowest BCUT2D eigenvalue weighted by molar-refractivity contribution is -0.385. The van der Waals surface area contributed by atoms with E-state index in [0.29, 0.717) is 35.5 Å². The maximum atomic E-state index is 11.5. The predicted molar refractivity (Wildman–Crippen MR) is 81.2 cm³/mol. The van der Waals surface area contributed by atoms with Gasteiger partial charge in [0.15, 0.2) is 17.8 Å². The van der Waals surface area contributed by atoms with Crippen LogP contribution in [0.5, 0.6) is 17.2 Å². The molecule has 0 atom stereocenters. The van der Waals surface area contributed by atoms with E-state index in [2.05, 4.69) is 0 Å². The maximum Gasteiger partial charge on any atom is 0.284 e. The van der Waals surface area contributed by atoms with E-state index in [-0.39, 0.29) is 23.8 Å². The molecule has 7 heteroatoms. The second-order valence-electron chi connectivity index (χ2n) is 4.75. The van der Waals surface area contributed by atoms with Crippen LogP contribution in [0.4, 0.5) is 5.69 Å². The number of fused-ring (bicyclic) bond motifs is 1. The van der Waals surface area contributed by atoms with Crippen LogP contribution in [-0.4, -0.2) is 24.6 Å². The molecule has 118 valence electrons. The molecule has 0 saturated carbocycles. The third-order valence-corrected chi connectivity index (χ3v) is 3.45. The summed E-state index contributed by atoms with van der Waals surface area (Å²) in [4.78, 5) is 22.1. The van der Waals surface area contributed by atoms with Crippen molar-refractivity contribution < 1.29 is 23.9 Å². The van der Waals surface area contributed by atoms with Crippen molar-refractivity contribution >= 4 is 12.0 Å². The summed E-state index contributed by atoms with van der Waals surface area (Å²) in [7, 11) is 0. The minimum absolute atomic E-state index is 0.0385. The lowest BCUT2D eigenvalue weighted by Gasteiger charge is -2.11. The van der Waals surface area contributed by atoms with E-state index < -0.39 is 4.92 Å². The van der Waals surface area contributed by atoms with Crippen molar-refractivity contribution in [1.29, 1.82) is 0 Å². The van der Waals surface area contributed by atoms with Crippen LogP contribution < -0.4 is 14.2 Å². The van der Waals surface area contributed by atoms with Crippen molar-refractivity contribution in [3.8, 4) is 28.4 Å². The summed E-state index contributed by atoms with van der Waals surface area (Å²) in [6.45, 7) is 2.36. The SMILES string of the molecule is CCOc1ccc(-c2c(C=O)c([N+](=O)[O-])cc3c2OCO3)cc1. The first kappa shape index (κ1) is 14.8. The Morgan fingerprint density at radius 2 is 2.04 bits per heavy atom. The van der Waals surface area contributed by atoms with Crippen LogP contribution in [0, 0.1) is 10.1 Å². The Labute approximate surface area is 131 Å². The summed E-state index contributed by atoms with van der Waals surface area (Å²) >= 11 is 0. The molecule has 0 saturated heterocycles. The van der Waals surface area contributed by atoms with E-state index in [1.165, 1.54) is 6.07 Å². The topological polar surface area (TPSA) is 87.9 Å². The number of rotatable bonds is 5. The van der Waals surface area contributed by atoms with Crippen molar-refractivity contribution in [1.82, 2.24) is 0 Å². The van der Waals surface area contributed by atoms with Crippen molar-refractivity contribution in [3.05, 3.63) is 46.0 Å². The van der Waals surface area contributed by atoms with Crippen molar-refractivity contribution in [2.75, 3.05) is 13.4 Å². The highest BCUT2D eigenvalue weighted by atomic mass is 16.7. The molecule has 0 aliphatic carbocycles. The van der Waals surface area contributed by atoms with Crippen LogP contribution in [-0.2, 0) is 0 Å². The molecule has 0 fully saturated rings. The number of nitrogens with zero attached hydrogens (tertiary/aromatic N) is 1. The number of carbonyl (C=O) groups is 1. The molecule has 0 bridgehead atoms. The third kappa shape index (κ3) is 2.57. The average Bonchev–Trinajstić information content (AvgIpc) is 3.02. The van der Waals surface area contributed by atoms with Gasteiger partial charge in [-0.25, -0.2) is 0 Å². The fraction of sp³-hybridized carbons (Fsp3) is 0.188. The highest BCUT2D eigenvalue weighted by molar-refractivity contribution is 5.97. The van der Waals surface area contributed by atoms with Crippen molar-refractivity contribution in [3.63, 3.8) is 0 Å². The van der Waals surface area contributed by atoms with Gasteiger partial charge in [0.1, 0.15) is 11.3 Å². The molecule has 0 N–H and O–H groups in total. The normalized spacial score (nSPS) is 12.0. The zero-order chi connectivity index (χ0) is 16.4. The van der Waals surface area contributed by atoms with E-state index in [9.17, 15) is 14.9 Å². The Hall–Kier alpha value is -3.09. The van der Waals surface area contributed by atoms with E-state index in [4.69, 9.17) is 14.2 Å². The number of benzene rings is 2. The first-order chi connectivity index (χ1) is 11.2. The number of nitro groups is 1. The summed E-state index contributed by atoms with van der Waals surface area (Å²) in [5, 5.41) is 11.2. The number of hydrogen-bond acceptors (Lipinski definition) is 6.